The molecule has 0 aromatic heterocycles. The maximum atomic E-state index is 15.5. The van der Waals surface area contributed by atoms with E-state index in [0.29, 0.717) is 71.5 Å². The molecule has 0 aromatic carbocycles. The molecule has 8 rings (SSSR count). The summed E-state index contributed by atoms with van der Waals surface area (Å²) in [6, 6.07) is 1.63. The Balaban J connectivity index is 1.24. The second-order valence-electron chi connectivity index (χ2n) is 18.3. The van der Waals surface area contributed by atoms with Gasteiger partial charge in [-0.2, -0.15) is 0 Å². The van der Waals surface area contributed by atoms with E-state index in [1.165, 1.54) is 109 Å². The van der Waals surface area contributed by atoms with Gasteiger partial charge in [-0.3, -0.25) is 9.59 Å². The molecule has 0 heterocycles. The summed E-state index contributed by atoms with van der Waals surface area (Å²) < 4.78 is 0. The molecule has 0 aliphatic heterocycles. The van der Waals surface area contributed by atoms with Crippen LogP contribution in [-0.2, 0) is 9.59 Å². The van der Waals surface area contributed by atoms with E-state index >= 15 is 9.59 Å². The van der Waals surface area contributed by atoms with Gasteiger partial charge in [0.15, 0.2) is 0 Å². The van der Waals surface area contributed by atoms with E-state index in [2.05, 4.69) is 37.5 Å². The van der Waals surface area contributed by atoms with Crippen molar-refractivity contribution >= 4 is 11.8 Å². The molecule has 8 fully saturated rings. The summed E-state index contributed by atoms with van der Waals surface area (Å²) in [5.74, 6) is 4.56. The van der Waals surface area contributed by atoms with Gasteiger partial charge in [-0.15, -0.1) is 0 Å². The highest BCUT2D eigenvalue weighted by molar-refractivity contribution is 5.89. The van der Waals surface area contributed by atoms with Crippen molar-refractivity contribution in [3.63, 3.8) is 0 Å². The van der Waals surface area contributed by atoms with Gasteiger partial charge in [0.1, 0.15) is 0 Å². The minimum absolute atomic E-state index is 0.296. The largest absolute Gasteiger partial charge is 0.336 e. The molecule has 0 saturated heterocycles. The zero-order valence-corrected chi connectivity index (χ0v) is 29.0. The zero-order valence-electron chi connectivity index (χ0n) is 29.0. The first kappa shape index (κ1) is 31.5. The summed E-state index contributed by atoms with van der Waals surface area (Å²) in [6.07, 6.45) is 26.6. The van der Waals surface area contributed by atoms with E-state index in [9.17, 15) is 0 Å². The molecule has 0 N–H and O–H groups in total. The highest BCUT2D eigenvalue weighted by atomic mass is 16.2. The van der Waals surface area contributed by atoms with Crippen molar-refractivity contribution in [2.45, 2.75) is 193 Å². The molecule has 4 bridgehead atoms. The molecule has 2 amide bonds. The molecule has 8 unspecified atom stereocenters. The minimum atomic E-state index is -0.296. The van der Waals surface area contributed by atoms with Crippen LogP contribution in [0.25, 0.3) is 0 Å². The van der Waals surface area contributed by atoms with Crippen LogP contribution in [-0.4, -0.2) is 45.8 Å². The lowest BCUT2D eigenvalue weighted by Gasteiger charge is -2.63. The van der Waals surface area contributed by atoms with Gasteiger partial charge in [-0.1, -0.05) is 79.1 Å². The molecular formula is C40H66N2O2. The number of rotatable bonds is 6. The van der Waals surface area contributed by atoms with Crippen LogP contribution in [0.3, 0.4) is 0 Å². The summed E-state index contributed by atoms with van der Waals surface area (Å²) in [5.41, 5.74) is -0.591. The van der Waals surface area contributed by atoms with E-state index in [1.807, 2.05) is 0 Å². The second-order valence-corrected chi connectivity index (χ2v) is 18.3. The Morgan fingerprint density at radius 1 is 0.455 bits per heavy atom. The van der Waals surface area contributed by atoms with Crippen molar-refractivity contribution in [3.05, 3.63) is 0 Å². The average molecular weight is 607 g/mol. The molecule has 8 atom stereocenters. The summed E-state index contributed by atoms with van der Waals surface area (Å²) >= 11 is 0. The highest BCUT2D eigenvalue weighted by Crippen LogP contribution is 2.67. The number of hydrogen-bond acceptors (Lipinski definition) is 2. The van der Waals surface area contributed by atoms with Crippen LogP contribution in [0, 0.1) is 46.3 Å². The topological polar surface area (TPSA) is 40.6 Å². The van der Waals surface area contributed by atoms with Crippen molar-refractivity contribution < 1.29 is 9.59 Å². The van der Waals surface area contributed by atoms with Crippen LogP contribution in [0.15, 0.2) is 0 Å². The number of nitrogens with zero attached hydrogens (tertiary/aromatic N) is 2. The van der Waals surface area contributed by atoms with E-state index in [0.717, 1.165) is 32.1 Å². The standard InChI is InChI=1S/C40H66N2O2/c1-27-13-5-9-17-33(27)41(34-18-10-6-14-28(34)2)37(43)39-22-31-21-32(23-39)25-40(24-31,26-39)38(44)42(35-19-11-7-15-29(35)3)36-20-12-8-16-30(36)4/h27-36H,5-26H2,1-4H3. The lowest BCUT2D eigenvalue weighted by Crippen LogP contribution is -2.67. The summed E-state index contributed by atoms with van der Waals surface area (Å²) in [4.78, 5) is 36.2. The molecule has 4 heteroatoms. The Morgan fingerprint density at radius 3 is 1.00 bits per heavy atom. The van der Waals surface area contributed by atoms with Crippen molar-refractivity contribution in [2.75, 3.05) is 0 Å². The van der Waals surface area contributed by atoms with Gasteiger partial charge in [-0.25, -0.2) is 0 Å². The van der Waals surface area contributed by atoms with Gasteiger partial charge in [-0.05, 0) is 125 Å². The van der Waals surface area contributed by atoms with Crippen LogP contribution in [0.5, 0.6) is 0 Å². The third-order valence-corrected chi connectivity index (χ3v) is 15.1. The SMILES string of the molecule is CC1CCCCC1N(C(=O)C12CC3CC(C1)CC(C(=O)N(C1CCCCC1C)C1CCCCC1C)(C3)C2)C1CCCCC1C. The maximum Gasteiger partial charge on any atom is 0.229 e. The van der Waals surface area contributed by atoms with Crippen LogP contribution in [0.2, 0.25) is 0 Å². The first-order chi connectivity index (χ1) is 21.2. The molecular weight excluding hydrogens is 540 g/mol. The Morgan fingerprint density at radius 2 is 0.727 bits per heavy atom. The summed E-state index contributed by atoms with van der Waals surface area (Å²) in [7, 11) is 0. The summed E-state index contributed by atoms with van der Waals surface area (Å²) in [6.45, 7) is 9.77. The summed E-state index contributed by atoms with van der Waals surface area (Å²) in [5, 5.41) is 0. The van der Waals surface area contributed by atoms with Gasteiger partial charge in [0.25, 0.3) is 0 Å². The predicted molar refractivity (Wildman–Crippen MR) is 179 cm³/mol. The van der Waals surface area contributed by atoms with Gasteiger partial charge >= 0.3 is 0 Å². The maximum absolute atomic E-state index is 15.5. The number of hydrogen-bond donors (Lipinski definition) is 0. The van der Waals surface area contributed by atoms with Crippen molar-refractivity contribution in [1.29, 1.82) is 0 Å². The fraction of sp³-hybridized carbons (Fsp3) is 0.950. The van der Waals surface area contributed by atoms with Crippen molar-refractivity contribution in [1.82, 2.24) is 9.80 Å². The Labute approximate surface area is 270 Å². The fourth-order valence-corrected chi connectivity index (χ4v) is 13.2. The predicted octanol–water partition coefficient (Wildman–Crippen LogP) is 9.55. The first-order valence-electron chi connectivity index (χ1n) is 19.9. The molecule has 248 valence electrons. The number of amides is 2. The van der Waals surface area contributed by atoms with Crippen LogP contribution >= 0.6 is 0 Å². The normalized spacial score (nSPS) is 47.3. The van der Waals surface area contributed by atoms with Crippen LogP contribution in [0.4, 0.5) is 0 Å². The average Bonchev–Trinajstić information content (AvgIpc) is 3.00. The number of carbonyl (C=O) groups excluding carboxylic acids is 2. The number of carbonyl (C=O) groups is 2. The molecule has 8 aliphatic rings. The molecule has 8 saturated carbocycles. The molecule has 4 nitrogen and oxygen atoms in total. The van der Waals surface area contributed by atoms with E-state index < -0.39 is 0 Å². The third-order valence-electron chi connectivity index (χ3n) is 15.1. The zero-order chi connectivity index (χ0) is 30.6. The Bertz CT molecular complexity index is 918. The first-order valence-corrected chi connectivity index (χ1v) is 19.9. The quantitative estimate of drug-likeness (QED) is 0.302. The molecule has 0 aromatic rings. The van der Waals surface area contributed by atoms with Gasteiger partial charge < -0.3 is 9.80 Å². The van der Waals surface area contributed by atoms with Crippen molar-refractivity contribution in [3.8, 4) is 0 Å². The van der Waals surface area contributed by atoms with Crippen LogP contribution < -0.4 is 0 Å². The monoisotopic (exact) mass is 607 g/mol. The van der Waals surface area contributed by atoms with Gasteiger partial charge in [0, 0.05) is 24.2 Å². The van der Waals surface area contributed by atoms with Crippen LogP contribution in [0.1, 0.15) is 169 Å². The Hall–Kier alpha value is -1.06. The molecule has 0 radical (unpaired) electrons. The van der Waals surface area contributed by atoms with Gasteiger partial charge in [0.2, 0.25) is 11.8 Å². The molecule has 8 aliphatic carbocycles. The molecule has 44 heavy (non-hydrogen) atoms. The third kappa shape index (κ3) is 5.50. The second kappa shape index (κ2) is 12.5. The van der Waals surface area contributed by atoms with Crippen molar-refractivity contribution in [2.24, 2.45) is 46.3 Å². The smallest absolute Gasteiger partial charge is 0.229 e. The lowest BCUT2D eigenvalue weighted by molar-refractivity contribution is -0.189. The highest BCUT2D eigenvalue weighted by Gasteiger charge is 2.65. The lowest BCUT2D eigenvalue weighted by atomic mass is 9.43. The van der Waals surface area contributed by atoms with E-state index in [4.69, 9.17) is 0 Å². The minimum Gasteiger partial charge on any atom is -0.336 e. The van der Waals surface area contributed by atoms with Gasteiger partial charge in [0.05, 0.1) is 10.8 Å². The molecule has 0 spiro atoms. The Kier molecular flexibility index (Phi) is 8.97. The fourth-order valence-electron chi connectivity index (χ4n) is 13.2. The van der Waals surface area contributed by atoms with E-state index in [1.54, 1.807) is 0 Å². The van der Waals surface area contributed by atoms with E-state index in [-0.39, 0.29) is 10.8 Å².